The molecule has 1 aromatic heterocycles. The maximum Gasteiger partial charge on any atom is 0.349 e. The average molecular weight is 611 g/mol. The van der Waals surface area contributed by atoms with Crippen LogP contribution in [0.5, 0.6) is 23.0 Å². The number of nitrogens with one attached hydrogen (secondary N) is 1. The second kappa shape index (κ2) is 14.8. The van der Waals surface area contributed by atoms with Gasteiger partial charge in [0.05, 0.1) is 25.3 Å². The third-order valence-electron chi connectivity index (χ3n) is 5.50. The molecular weight excluding hydrogens is 584 g/mol. The number of aliphatic carboxylic acids is 1. The molecule has 2 atom stereocenters. The highest BCUT2D eigenvalue weighted by Crippen LogP contribution is 2.30. The highest BCUT2D eigenvalue weighted by atomic mass is 16.6. The first-order chi connectivity index (χ1) is 20.9. The largest absolute Gasteiger partial charge is 0.493 e. The van der Waals surface area contributed by atoms with Crippen molar-refractivity contribution in [3.63, 3.8) is 0 Å². The molecule has 2 N–H and O–H groups in total. The number of hydrogen-bond donors (Lipinski definition) is 2. The van der Waals surface area contributed by atoms with E-state index in [1.165, 1.54) is 56.9 Å². The summed E-state index contributed by atoms with van der Waals surface area (Å²) in [4.78, 5) is 78.3. The Labute approximate surface area is 249 Å². The number of esters is 4. The monoisotopic (exact) mass is 610 g/mol. The third-order valence-corrected chi connectivity index (χ3v) is 5.50. The normalized spacial score (nSPS) is 11.6. The molecule has 15 nitrogen and oxygen atoms in total. The Kier molecular flexibility index (Phi) is 10.9. The first kappa shape index (κ1) is 32.5. The molecule has 44 heavy (non-hydrogen) atoms. The van der Waals surface area contributed by atoms with Crippen LogP contribution in [0, 0.1) is 0 Å². The zero-order valence-corrected chi connectivity index (χ0v) is 23.7. The molecule has 15 heteroatoms. The van der Waals surface area contributed by atoms with E-state index < -0.39 is 48.0 Å². The maximum atomic E-state index is 13.3. The number of carboxylic acid groups (broad SMARTS) is 1. The van der Waals surface area contributed by atoms with Crippen molar-refractivity contribution in [1.29, 1.82) is 0 Å². The van der Waals surface area contributed by atoms with Crippen molar-refractivity contribution >= 4 is 41.4 Å². The van der Waals surface area contributed by atoms with Crippen LogP contribution in [0.3, 0.4) is 0 Å². The first-order valence-corrected chi connectivity index (χ1v) is 12.5. The van der Waals surface area contributed by atoms with E-state index in [1.54, 1.807) is 0 Å². The number of carbonyl (C=O) groups is 6. The van der Waals surface area contributed by atoms with E-state index in [9.17, 15) is 33.9 Å². The number of aromatic nitrogens is 1. The van der Waals surface area contributed by atoms with Crippen molar-refractivity contribution in [2.75, 3.05) is 19.5 Å². The molecule has 2 aromatic carbocycles. The van der Waals surface area contributed by atoms with Crippen LogP contribution in [0.2, 0.25) is 0 Å². The number of hydrogen-bond acceptors (Lipinski definition) is 13. The fraction of sp³-hybridized carbons (Fsp3) is 0.207. The number of pyridine rings is 1. The van der Waals surface area contributed by atoms with Gasteiger partial charge in [-0.1, -0.05) is 0 Å². The number of carboxylic acids is 1. The molecule has 0 aliphatic heterocycles. The summed E-state index contributed by atoms with van der Waals surface area (Å²) >= 11 is 0. The van der Waals surface area contributed by atoms with E-state index in [0.717, 1.165) is 32.0 Å². The number of amides is 1. The van der Waals surface area contributed by atoms with Gasteiger partial charge in [0.15, 0.2) is 23.0 Å². The summed E-state index contributed by atoms with van der Waals surface area (Å²) in [7, 11) is 2.49. The van der Waals surface area contributed by atoms with Crippen LogP contribution in [-0.2, 0) is 28.7 Å². The molecule has 0 bridgehead atoms. The maximum absolute atomic E-state index is 13.3. The van der Waals surface area contributed by atoms with Gasteiger partial charge in [-0.25, -0.2) is 14.4 Å². The lowest BCUT2D eigenvalue weighted by molar-refractivity contribution is -0.157. The molecule has 0 unspecified atom stereocenters. The molecule has 0 radical (unpaired) electrons. The summed E-state index contributed by atoms with van der Waals surface area (Å²) in [5.74, 6) is -6.88. The fourth-order valence-electron chi connectivity index (χ4n) is 3.58. The predicted octanol–water partition coefficient (Wildman–Crippen LogP) is 2.42. The second-order valence-electron chi connectivity index (χ2n) is 8.63. The summed E-state index contributed by atoms with van der Waals surface area (Å²) in [6.45, 7) is 2.31. The molecule has 1 amide bonds. The minimum atomic E-state index is -2.35. The van der Waals surface area contributed by atoms with E-state index in [1.807, 2.05) is 0 Å². The van der Waals surface area contributed by atoms with E-state index in [0.29, 0.717) is 0 Å². The third kappa shape index (κ3) is 8.51. The molecule has 0 saturated carbocycles. The Balaban J connectivity index is 1.95. The van der Waals surface area contributed by atoms with Crippen LogP contribution < -0.4 is 24.3 Å². The van der Waals surface area contributed by atoms with Crippen LogP contribution in [0.1, 0.15) is 34.6 Å². The van der Waals surface area contributed by atoms with Gasteiger partial charge in [0.2, 0.25) is 12.2 Å². The van der Waals surface area contributed by atoms with E-state index in [-0.39, 0.29) is 39.8 Å². The zero-order chi connectivity index (χ0) is 32.4. The van der Waals surface area contributed by atoms with Gasteiger partial charge in [-0.05, 0) is 48.5 Å². The molecule has 0 aliphatic carbocycles. The van der Waals surface area contributed by atoms with Gasteiger partial charge < -0.3 is 38.8 Å². The van der Waals surface area contributed by atoms with Gasteiger partial charge in [-0.2, -0.15) is 0 Å². The first-order valence-electron chi connectivity index (χ1n) is 12.5. The number of ether oxygens (including phenoxy) is 6. The number of rotatable bonds is 12. The van der Waals surface area contributed by atoms with Crippen LogP contribution >= 0.6 is 0 Å². The van der Waals surface area contributed by atoms with Crippen molar-refractivity contribution in [1.82, 2.24) is 4.98 Å². The highest BCUT2D eigenvalue weighted by Gasteiger charge is 2.41. The molecule has 1 heterocycles. The van der Waals surface area contributed by atoms with Gasteiger partial charge in [-0.15, -0.1) is 0 Å². The topological polar surface area (TPSA) is 203 Å². The molecule has 3 aromatic rings. The Morgan fingerprint density at radius 3 is 1.55 bits per heavy atom. The van der Waals surface area contributed by atoms with Gasteiger partial charge in [0.25, 0.3) is 5.91 Å². The van der Waals surface area contributed by atoms with E-state index in [2.05, 4.69) is 10.3 Å². The number of methoxy groups -OCH3 is 2. The van der Waals surface area contributed by atoms with Crippen molar-refractivity contribution in [2.24, 2.45) is 0 Å². The number of benzene rings is 2. The van der Waals surface area contributed by atoms with Crippen LogP contribution in [0.15, 0.2) is 60.9 Å². The Morgan fingerprint density at radius 2 is 1.14 bits per heavy atom. The zero-order valence-electron chi connectivity index (χ0n) is 23.7. The van der Waals surface area contributed by atoms with Gasteiger partial charge in [-0.3, -0.25) is 19.4 Å². The van der Waals surface area contributed by atoms with Crippen LogP contribution in [0.4, 0.5) is 5.69 Å². The SMILES string of the molecule is COc1cc(C(=O)O[C@H](C(=O)O)[C@H](OC(=O)c2ccc(OC(C)=O)c(OC)c2)C(=O)Nc2ccncc2)ccc1OC(C)=O. The highest BCUT2D eigenvalue weighted by molar-refractivity contribution is 6.01. The second-order valence-corrected chi connectivity index (χ2v) is 8.63. The van der Waals surface area contributed by atoms with E-state index in [4.69, 9.17) is 28.4 Å². The smallest absolute Gasteiger partial charge is 0.349 e. The number of nitrogens with zero attached hydrogens (tertiary/aromatic N) is 1. The van der Waals surface area contributed by atoms with Gasteiger partial charge >= 0.3 is 29.8 Å². The van der Waals surface area contributed by atoms with Gasteiger partial charge in [0.1, 0.15) is 0 Å². The lowest BCUT2D eigenvalue weighted by atomic mass is 10.1. The Bertz CT molecular complexity index is 1570. The minimum absolute atomic E-state index is 0.0176. The Morgan fingerprint density at radius 1 is 0.682 bits per heavy atom. The molecule has 0 fully saturated rings. The summed E-state index contributed by atoms with van der Waals surface area (Å²) in [5, 5.41) is 12.4. The van der Waals surface area contributed by atoms with Crippen molar-refractivity contribution in [3.05, 3.63) is 72.1 Å². The minimum Gasteiger partial charge on any atom is -0.493 e. The standard InChI is InChI=1S/C29H26N2O13/c1-15(32)41-20-7-5-17(13-22(20)39-3)28(37)43-24(26(34)31-19-9-11-30-12-10-19)25(27(35)36)44-29(38)18-6-8-21(42-16(2)33)23(14-18)40-4/h5-14,24-25H,1-4H3,(H,35,36)(H,30,31,34)/t24-,25-/m0/s1. The average Bonchev–Trinajstić information content (AvgIpc) is 2.98. The predicted molar refractivity (Wildman–Crippen MR) is 148 cm³/mol. The van der Waals surface area contributed by atoms with E-state index >= 15 is 0 Å². The quantitative estimate of drug-likeness (QED) is 0.223. The molecule has 3 rings (SSSR count). The molecular formula is C29H26N2O13. The van der Waals surface area contributed by atoms with Crippen molar-refractivity contribution < 1.29 is 62.3 Å². The summed E-state index contributed by atoms with van der Waals surface area (Å²) < 4.78 is 30.7. The summed E-state index contributed by atoms with van der Waals surface area (Å²) in [6, 6.07) is 9.81. The van der Waals surface area contributed by atoms with Crippen LogP contribution in [-0.4, -0.2) is 72.3 Å². The molecule has 0 spiro atoms. The lowest BCUT2D eigenvalue weighted by Crippen LogP contribution is -2.48. The lowest BCUT2D eigenvalue weighted by Gasteiger charge is -2.24. The number of carbonyl (C=O) groups excluding carboxylic acids is 5. The molecule has 0 saturated heterocycles. The van der Waals surface area contributed by atoms with Crippen molar-refractivity contribution in [3.8, 4) is 23.0 Å². The van der Waals surface area contributed by atoms with Crippen LogP contribution in [0.25, 0.3) is 0 Å². The molecule has 0 aliphatic rings. The van der Waals surface area contributed by atoms with Crippen molar-refractivity contribution in [2.45, 2.75) is 26.1 Å². The Hall–Kier alpha value is -5.99. The van der Waals surface area contributed by atoms with Gasteiger partial charge in [0, 0.05) is 31.9 Å². The molecule has 230 valence electrons. The summed E-state index contributed by atoms with van der Waals surface area (Å²) in [5.41, 5.74) is -0.296. The number of anilines is 1. The fourth-order valence-corrected chi connectivity index (χ4v) is 3.58. The summed E-state index contributed by atoms with van der Waals surface area (Å²) in [6.07, 6.45) is -1.89.